The largest absolute Gasteiger partial charge is 0.359 e. The Hall–Kier alpha value is -1.06. The van der Waals surface area contributed by atoms with Gasteiger partial charge >= 0.3 is 0 Å². The van der Waals surface area contributed by atoms with Crippen molar-refractivity contribution in [2.24, 2.45) is 5.92 Å². The molecule has 1 fully saturated rings. The minimum absolute atomic E-state index is 0.391. The van der Waals surface area contributed by atoms with E-state index < -0.39 is 0 Å². The molecule has 1 aliphatic carbocycles. The van der Waals surface area contributed by atoms with Gasteiger partial charge in [-0.05, 0) is 31.6 Å². The van der Waals surface area contributed by atoms with Gasteiger partial charge in [0.1, 0.15) is 0 Å². The normalized spacial score (nSPS) is 23.0. The molecule has 0 spiro atoms. The van der Waals surface area contributed by atoms with Gasteiger partial charge in [0, 0.05) is 12.6 Å². The Bertz CT molecular complexity index is 297. The molecule has 0 aromatic carbocycles. The summed E-state index contributed by atoms with van der Waals surface area (Å²) in [7, 11) is 0. The lowest BCUT2D eigenvalue weighted by atomic mass is 9.84. The molecule has 0 radical (unpaired) electrons. The first kappa shape index (κ1) is 20.0. The highest BCUT2D eigenvalue weighted by atomic mass is 16.1. The summed E-state index contributed by atoms with van der Waals surface area (Å²) in [6.45, 7) is 0.803. The molecular weight excluding hydrogens is 288 g/mol. The average Bonchev–Trinajstić information content (AvgIpc) is 2.57. The summed E-state index contributed by atoms with van der Waals surface area (Å²) in [5.74, 6) is 0.662. The van der Waals surface area contributed by atoms with Gasteiger partial charge in [-0.25, -0.2) is 0 Å². The van der Waals surface area contributed by atoms with Gasteiger partial charge in [-0.1, -0.05) is 64.2 Å². The molecule has 1 rings (SSSR count). The molecule has 1 aliphatic rings. The van der Waals surface area contributed by atoms with Crippen molar-refractivity contribution in [3.8, 4) is 0 Å². The predicted octanol–water partition coefficient (Wildman–Crippen LogP) is 3.94. The number of hydrogen-bond donors (Lipinski definition) is 2. The SMILES string of the molecule is O=CNCCCCCCCC1CCCCCCCCC1NC=O. The van der Waals surface area contributed by atoms with Crippen LogP contribution in [0.1, 0.15) is 89.9 Å². The molecule has 23 heavy (non-hydrogen) atoms. The molecule has 2 N–H and O–H groups in total. The first-order valence-corrected chi connectivity index (χ1v) is 9.75. The summed E-state index contributed by atoms with van der Waals surface area (Å²) in [6, 6.07) is 0.391. The van der Waals surface area contributed by atoms with Gasteiger partial charge in [0.05, 0.1) is 0 Å². The molecular formula is C19H36N2O2. The number of unbranched alkanes of at least 4 members (excludes halogenated alkanes) is 4. The highest BCUT2D eigenvalue weighted by molar-refractivity contribution is 5.46. The zero-order valence-corrected chi connectivity index (χ0v) is 14.7. The highest BCUT2D eigenvalue weighted by Crippen LogP contribution is 2.26. The molecule has 2 atom stereocenters. The van der Waals surface area contributed by atoms with Crippen molar-refractivity contribution in [2.45, 2.75) is 95.9 Å². The molecule has 4 nitrogen and oxygen atoms in total. The first-order valence-electron chi connectivity index (χ1n) is 9.75. The van der Waals surface area contributed by atoms with Crippen LogP contribution in [0, 0.1) is 5.92 Å². The number of rotatable bonds is 11. The number of carbonyl (C=O) groups excluding carboxylic acids is 2. The smallest absolute Gasteiger partial charge is 0.207 e. The van der Waals surface area contributed by atoms with Crippen molar-refractivity contribution in [1.82, 2.24) is 10.6 Å². The summed E-state index contributed by atoms with van der Waals surface area (Å²) >= 11 is 0. The molecule has 0 bridgehead atoms. The first-order chi connectivity index (χ1) is 11.4. The summed E-state index contributed by atoms with van der Waals surface area (Å²) in [6.07, 6.45) is 19.4. The van der Waals surface area contributed by atoms with Crippen LogP contribution in [-0.2, 0) is 9.59 Å². The van der Waals surface area contributed by atoms with Crippen LogP contribution in [0.2, 0.25) is 0 Å². The fourth-order valence-electron chi connectivity index (χ4n) is 3.79. The number of amides is 2. The van der Waals surface area contributed by atoms with Crippen LogP contribution in [0.15, 0.2) is 0 Å². The molecule has 4 heteroatoms. The van der Waals surface area contributed by atoms with E-state index in [-0.39, 0.29) is 0 Å². The Labute approximate surface area is 142 Å². The highest BCUT2D eigenvalue weighted by Gasteiger charge is 2.20. The topological polar surface area (TPSA) is 58.2 Å². The zero-order chi connectivity index (χ0) is 16.6. The van der Waals surface area contributed by atoms with E-state index in [9.17, 15) is 9.59 Å². The number of nitrogens with one attached hydrogen (secondary N) is 2. The monoisotopic (exact) mass is 324 g/mol. The third kappa shape index (κ3) is 10.4. The second-order valence-electron chi connectivity index (χ2n) is 6.98. The van der Waals surface area contributed by atoms with E-state index in [4.69, 9.17) is 0 Å². The number of carbonyl (C=O) groups is 2. The molecule has 1 saturated carbocycles. The third-order valence-corrected chi connectivity index (χ3v) is 5.17. The lowest BCUT2D eigenvalue weighted by Crippen LogP contribution is -2.35. The van der Waals surface area contributed by atoms with Gasteiger partial charge in [0.2, 0.25) is 12.8 Å². The van der Waals surface area contributed by atoms with Crippen molar-refractivity contribution < 1.29 is 9.59 Å². The van der Waals surface area contributed by atoms with Crippen molar-refractivity contribution >= 4 is 12.8 Å². The van der Waals surface area contributed by atoms with Crippen LogP contribution in [-0.4, -0.2) is 25.4 Å². The second-order valence-corrected chi connectivity index (χ2v) is 6.98. The fourth-order valence-corrected chi connectivity index (χ4v) is 3.79. The second kappa shape index (κ2) is 14.5. The van der Waals surface area contributed by atoms with Crippen LogP contribution in [0.25, 0.3) is 0 Å². The lowest BCUT2D eigenvalue weighted by Gasteiger charge is -2.28. The molecule has 0 aromatic heterocycles. The van der Waals surface area contributed by atoms with Crippen molar-refractivity contribution in [1.29, 1.82) is 0 Å². The predicted molar refractivity (Wildman–Crippen MR) is 95.2 cm³/mol. The van der Waals surface area contributed by atoms with Gasteiger partial charge in [-0.15, -0.1) is 0 Å². The van der Waals surface area contributed by atoms with E-state index in [1.165, 1.54) is 77.0 Å². The van der Waals surface area contributed by atoms with Crippen LogP contribution in [0.3, 0.4) is 0 Å². The van der Waals surface area contributed by atoms with E-state index >= 15 is 0 Å². The minimum atomic E-state index is 0.391. The Balaban J connectivity index is 2.23. The Morgan fingerprint density at radius 3 is 2.13 bits per heavy atom. The van der Waals surface area contributed by atoms with E-state index in [1.807, 2.05) is 0 Å². The van der Waals surface area contributed by atoms with Gasteiger partial charge < -0.3 is 10.6 Å². The van der Waals surface area contributed by atoms with E-state index in [0.717, 1.165) is 32.2 Å². The maximum atomic E-state index is 10.9. The standard InChI is InChI=1S/C19H36N2O2/c22-16-20-15-11-7-3-5-9-13-18-12-8-4-1-2-6-10-14-19(18)21-17-23/h16-19H,1-15H2,(H,20,22)(H,21,23). The van der Waals surface area contributed by atoms with Crippen molar-refractivity contribution in [3.05, 3.63) is 0 Å². The maximum Gasteiger partial charge on any atom is 0.207 e. The summed E-state index contributed by atoms with van der Waals surface area (Å²) in [5.41, 5.74) is 0. The minimum Gasteiger partial charge on any atom is -0.359 e. The van der Waals surface area contributed by atoms with Crippen LogP contribution >= 0.6 is 0 Å². The molecule has 0 aromatic rings. The maximum absolute atomic E-state index is 10.9. The van der Waals surface area contributed by atoms with E-state index in [2.05, 4.69) is 10.6 Å². The van der Waals surface area contributed by atoms with Crippen LogP contribution < -0.4 is 10.6 Å². The van der Waals surface area contributed by atoms with Gasteiger partial charge in [-0.2, -0.15) is 0 Å². The summed E-state index contributed by atoms with van der Waals surface area (Å²) in [5, 5.41) is 5.82. The van der Waals surface area contributed by atoms with Crippen LogP contribution in [0.4, 0.5) is 0 Å². The average molecular weight is 325 g/mol. The van der Waals surface area contributed by atoms with E-state index in [0.29, 0.717) is 12.0 Å². The molecule has 134 valence electrons. The van der Waals surface area contributed by atoms with Crippen molar-refractivity contribution in [2.75, 3.05) is 6.54 Å². The number of hydrogen-bond acceptors (Lipinski definition) is 2. The summed E-state index contributed by atoms with van der Waals surface area (Å²) < 4.78 is 0. The van der Waals surface area contributed by atoms with Gasteiger partial charge in [0.15, 0.2) is 0 Å². The molecule has 0 saturated heterocycles. The van der Waals surface area contributed by atoms with Crippen molar-refractivity contribution in [3.63, 3.8) is 0 Å². The van der Waals surface area contributed by atoms with Gasteiger partial charge in [0.25, 0.3) is 0 Å². The molecule has 2 unspecified atom stereocenters. The fraction of sp³-hybridized carbons (Fsp3) is 0.895. The van der Waals surface area contributed by atoms with E-state index in [1.54, 1.807) is 0 Å². The quantitative estimate of drug-likeness (QED) is 0.447. The third-order valence-electron chi connectivity index (χ3n) is 5.17. The zero-order valence-electron chi connectivity index (χ0n) is 14.7. The van der Waals surface area contributed by atoms with Crippen LogP contribution in [0.5, 0.6) is 0 Å². The molecule has 0 heterocycles. The molecule has 0 aliphatic heterocycles. The Kier molecular flexibility index (Phi) is 12.6. The molecule has 2 amide bonds. The Morgan fingerprint density at radius 2 is 1.39 bits per heavy atom. The lowest BCUT2D eigenvalue weighted by molar-refractivity contribution is -0.111. The Morgan fingerprint density at radius 1 is 0.739 bits per heavy atom. The summed E-state index contributed by atoms with van der Waals surface area (Å²) in [4.78, 5) is 21.1. The van der Waals surface area contributed by atoms with Gasteiger partial charge in [-0.3, -0.25) is 9.59 Å².